The van der Waals surface area contributed by atoms with E-state index in [1.165, 1.54) is 11.0 Å². The number of carbonyl (C=O) groups excluding carboxylic acids is 2. The third kappa shape index (κ3) is 5.51. The van der Waals surface area contributed by atoms with E-state index in [0.29, 0.717) is 18.7 Å². The lowest BCUT2D eigenvalue weighted by molar-refractivity contribution is -0.385. The van der Waals surface area contributed by atoms with Crippen molar-refractivity contribution in [3.63, 3.8) is 0 Å². The normalized spacial score (nSPS) is 13.1. The Bertz CT molecular complexity index is 964. The van der Waals surface area contributed by atoms with Crippen LogP contribution in [0.2, 0.25) is 0 Å². The average molecular weight is 427 g/mol. The number of carbonyl (C=O) groups is 2. The zero-order chi connectivity index (χ0) is 22.5. The topological polar surface area (TPSA) is 88.7 Å². The highest BCUT2D eigenvalue weighted by Crippen LogP contribution is 2.29. The van der Waals surface area contributed by atoms with E-state index in [1.807, 2.05) is 41.8 Å². The van der Waals surface area contributed by atoms with Crippen molar-refractivity contribution in [2.75, 3.05) is 13.1 Å². The molecule has 0 bridgehead atoms. The number of nitrogens with zero attached hydrogens (tertiary/aromatic N) is 4. The summed E-state index contributed by atoms with van der Waals surface area (Å²) >= 11 is 0. The highest BCUT2D eigenvalue weighted by atomic mass is 16.6. The van der Waals surface area contributed by atoms with E-state index in [0.717, 1.165) is 31.4 Å². The van der Waals surface area contributed by atoms with Crippen molar-refractivity contribution < 1.29 is 14.5 Å². The van der Waals surface area contributed by atoms with Gasteiger partial charge in [-0.05, 0) is 44.4 Å². The summed E-state index contributed by atoms with van der Waals surface area (Å²) in [5.41, 5.74) is 1.69. The van der Waals surface area contributed by atoms with Gasteiger partial charge >= 0.3 is 0 Å². The molecular formula is C23H30N4O4. The van der Waals surface area contributed by atoms with E-state index in [9.17, 15) is 19.7 Å². The molecule has 2 aromatic rings. The van der Waals surface area contributed by atoms with Crippen LogP contribution >= 0.6 is 0 Å². The molecule has 0 unspecified atom stereocenters. The van der Waals surface area contributed by atoms with E-state index in [2.05, 4.69) is 0 Å². The first-order chi connectivity index (χ1) is 14.8. The van der Waals surface area contributed by atoms with Crippen LogP contribution in [0.15, 0.2) is 36.5 Å². The number of hydrogen-bond donors (Lipinski definition) is 0. The SMILES string of the molecule is CCCCN(CC(=O)N(Cc1cccn1C)C1CC1)C(=O)c1ccc(C)c([N+](=O)[O-])c1. The maximum Gasteiger partial charge on any atom is 0.273 e. The van der Waals surface area contributed by atoms with Crippen molar-refractivity contribution >= 4 is 17.5 Å². The summed E-state index contributed by atoms with van der Waals surface area (Å²) in [6, 6.07) is 8.64. The molecule has 0 atom stereocenters. The Morgan fingerprint density at radius 3 is 2.58 bits per heavy atom. The molecule has 166 valence electrons. The summed E-state index contributed by atoms with van der Waals surface area (Å²) in [7, 11) is 1.95. The largest absolute Gasteiger partial charge is 0.353 e. The van der Waals surface area contributed by atoms with Crippen molar-refractivity contribution in [1.29, 1.82) is 0 Å². The van der Waals surface area contributed by atoms with Gasteiger partial charge in [0.05, 0.1) is 11.5 Å². The van der Waals surface area contributed by atoms with Gasteiger partial charge < -0.3 is 14.4 Å². The van der Waals surface area contributed by atoms with Crippen LogP contribution in [0.1, 0.15) is 54.2 Å². The molecule has 0 spiro atoms. The highest BCUT2D eigenvalue weighted by Gasteiger charge is 2.34. The van der Waals surface area contributed by atoms with Gasteiger partial charge in [0.1, 0.15) is 6.54 Å². The first-order valence-corrected chi connectivity index (χ1v) is 10.8. The van der Waals surface area contributed by atoms with Crippen LogP contribution < -0.4 is 0 Å². The number of nitro groups is 1. The predicted molar refractivity (Wildman–Crippen MR) is 118 cm³/mol. The predicted octanol–water partition coefficient (Wildman–Crippen LogP) is 3.68. The number of rotatable bonds is 10. The van der Waals surface area contributed by atoms with E-state index in [1.54, 1.807) is 19.1 Å². The number of aromatic nitrogens is 1. The fourth-order valence-corrected chi connectivity index (χ4v) is 3.62. The molecule has 0 radical (unpaired) electrons. The smallest absolute Gasteiger partial charge is 0.273 e. The van der Waals surface area contributed by atoms with Crippen molar-refractivity contribution in [3.8, 4) is 0 Å². The average Bonchev–Trinajstić information content (AvgIpc) is 3.50. The minimum absolute atomic E-state index is 0.0264. The van der Waals surface area contributed by atoms with Crippen LogP contribution in [0.3, 0.4) is 0 Å². The molecule has 0 aliphatic heterocycles. The Kier molecular flexibility index (Phi) is 7.09. The molecule has 1 heterocycles. The Morgan fingerprint density at radius 1 is 1.26 bits per heavy atom. The van der Waals surface area contributed by atoms with Crippen LogP contribution in [0.4, 0.5) is 5.69 Å². The first-order valence-electron chi connectivity index (χ1n) is 10.8. The minimum atomic E-state index is -0.484. The maximum atomic E-state index is 13.2. The second kappa shape index (κ2) is 9.76. The molecule has 1 aliphatic carbocycles. The molecule has 0 N–H and O–H groups in total. The summed E-state index contributed by atoms with van der Waals surface area (Å²) < 4.78 is 1.99. The quantitative estimate of drug-likeness (QED) is 0.428. The Balaban J connectivity index is 1.79. The second-order valence-corrected chi connectivity index (χ2v) is 8.20. The number of amides is 2. The molecule has 3 rings (SSSR count). The van der Waals surface area contributed by atoms with Gasteiger partial charge in [-0.25, -0.2) is 0 Å². The Labute approximate surface area is 182 Å². The van der Waals surface area contributed by atoms with Gasteiger partial charge in [0.2, 0.25) is 5.91 Å². The zero-order valence-corrected chi connectivity index (χ0v) is 18.4. The summed E-state index contributed by atoms with van der Waals surface area (Å²) in [5, 5.41) is 11.3. The van der Waals surface area contributed by atoms with E-state index < -0.39 is 4.92 Å². The zero-order valence-electron chi connectivity index (χ0n) is 18.4. The standard InChI is InChI=1S/C23H30N4O4/c1-4-5-13-25(23(29)18-9-8-17(2)21(14-18)27(30)31)16-22(28)26(19-10-11-19)15-20-7-6-12-24(20)3/h6-9,12,14,19H,4-5,10-11,13,15-16H2,1-3H3. The molecular weight excluding hydrogens is 396 g/mol. The Hall–Kier alpha value is -3.16. The molecule has 1 aliphatic rings. The fraction of sp³-hybridized carbons (Fsp3) is 0.478. The number of benzene rings is 1. The second-order valence-electron chi connectivity index (χ2n) is 8.20. The highest BCUT2D eigenvalue weighted by molar-refractivity contribution is 5.97. The van der Waals surface area contributed by atoms with Gasteiger partial charge in [-0.3, -0.25) is 19.7 Å². The van der Waals surface area contributed by atoms with Crippen LogP contribution in [-0.2, 0) is 18.4 Å². The van der Waals surface area contributed by atoms with Gasteiger partial charge in [-0.15, -0.1) is 0 Å². The lowest BCUT2D eigenvalue weighted by Gasteiger charge is -2.28. The molecule has 2 amide bonds. The number of nitro benzene ring substituents is 1. The molecule has 1 saturated carbocycles. The molecule has 8 heteroatoms. The monoisotopic (exact) mass is 426 g/mol. The third-order valence-electron chi connectivity index (χ3n) is 5.74. The van der Waals surface area contributed by atoms with Crippen LogP contribution in [0.25, 0.3) is 0 Å². The number of hydrogen-bond acceptors (Lipinski definition) is 4. The number of unbranched alkanes of at least 4 members (excludes halogenated alkanes) is 1. The summed E-state index contributed by atoms with van der Waals surface area (Å²) in [6.45, 7) is 4.58. The van der Waals surface area contributed by atoms with Crippen LogP contribution in [-0.4, -0.2) is 50.2 Å². The van der Waals surface area contributed by atoms with Gasteiger partial charge in [-0.2, -0.15) is 0 Å². The van der Waals surface area contributed by atoms with E-state index in [4.69, 9.17) is 0 Å². The van der Waals surface area contributed by atoms with Crippen molar-refractivity contribution in [2.45, 2.75) is 52.1 Å². The number of aryl methyl sites for hydroxylation is 2. The van der Waals surface area contributed by atoms with Crippen LogP contribution in [0, 0.1) is 17.0 Å². The minimum Gasteiger partial charge on any atom is -0.353 e. The van der Waals surface area contributed by atoms with E-state index in [-0.39, 0.29) is 35.7 Å². The maximum absolute atomic E-state index is 13.2. The van der Waals surface area contributed by atoms with Gasteiger partial charge in [0.25, 0.3) is 11.6 Å². The first kappa shape index (κ1) is 22.5. The molecule has 8 nitrogen and oxygen atoms in total. The van der Waals surface area contributed by atoms with E-state index >= 15 is 0 Å². The van der Waals surface area contributed by atoms with Crippen molar-refractivity contribution in [3.05, 3.63) is 63.5 Å². The molecule has 31 heavy (non-hydrogen) atoms. The van der Waals surface area contributed by atoms with Crippen molar-refractivity contribution in [2.24, 2.45) is 7.05 Å². The van der Waals surface area contributed by atoms with Gasteiger partial charge in [-0.1, -0.05) is 19.4 Å². The van der Waals surface area contributed by atoms with Crippen molar-refractivity contribution in [1.82, 2.24) is 14.4 Å². The van der Waals surface area contributed by atoms with Crippen LogP contribution in [0.5, 0.6) is 0 Å². The van der Waals surface area contributed by atoms with Gasteiger partial charge in [0.15, 0.2) is 0 Å². The third-order valence-corrected chi connectivity index (χ3v) is 5.74. The lowest BCUT2D eigenvalue weighted by Crippen LogP contribution is -2.44. The summed E-state index contributed by atoms with van der Waals surface area (Å²) in [4.78, 5) is 40.6. The summed E-state index contributed by atoms with van der Waals surface area (Å²) in [5.74, 6) is -0.436. The molecule has 1 aromatic heterocycles. The molecule has 1 fully saturated rings. The molecule has 1 aromatic carbocycles. The van der Waals surface area contributed by atoms with Gasteiger partial charge in [0, 0.05) is 48.7 Å². The fourth-order valence-electron chi connectivity index (χ4n) is 3.62. The molecule has 0 saturated heterocycles. The lowest BCUT2D eigenvalue weighted by atomic mass is 10.1. The Morgan fingerprint density at radius 2 is 2.00 bits per heavy atom. The summed E-state index contributed by atoms with van der Waals surface area (Å²) in [6.07, 6.45) is 5.54.